The van der Waals surface area contributed by atoms with Crippen molar-refractivity contribution in [1.82, 2.24) is 24.5 Å². The lowest BCUT2D eigenvalue weighted by Crippen LogP contribution is -2.40. The average Bonchev–Trinajstić information content (AvgIpc) is 3.38. The molecule has 0 atom stereocenters. The highest BCUT2D eigenvalue weighted by molar-refractivity contribution is 7.09. The summed E-state index contributed by atoms with van der Waals surface area (Å²) >= 11 is 1.71. The molecule has 1 aromatic carbocycles. The van der Waals surface area contributed by atoms with Gasteiger partial charge in [0.1, 0.15) is 17.0 Å². The standard InChI is InChI=1S/C21H23FN6OS/c1-12-17(30-11-24-12)10-27-5-3-21(2,4-6-27)15-9-25-28-18-14(19(23)29)7-13(22)8-16(18)26-20(15)28/h7-9,11,26H,3-6,10H2,1-2H3,(H2,23,29). The van der Waals surface area contributed by atoms with Gasteiger partial charge >= 0.3 is 0 Å². The maximum atomic E-state index is 14.0. The SMILES string of the molecule is Cc1ncsc1CN1CCC(C)(c2cnn3c2[nH]c2cc(F)cc(C(N)=O)c23)CC1. The molecule has 3 aromatic heterocycles. The van der Waals surface area contributed by atoms with Crippen LogP contribution in [0, 0.1) is 12.7 Å². The Morgan fingerprint density at radius 1 is 1.37 bits per heavy atom. The molecule has 4 heterocycles. The first kappa shape index (κ1) is 19.2. The monoisotopic (exact) mass is 426 g/mol. The number of H-pyrrole nitrogens is 1. The van der Waals surface area contributed by atoms with Crippen LogP contribution in [0.15, 0.2) is 23.8 Å². The number of hydrogen-bond acceptors (Lipinski definition) is 5. The van der Waals surface area contributed by atoms with Gasteiger partial charge in [0.25, 0.3) is 5.91 Å². The second-order valence-corrected chi connectivity index (χ2v) is 9.29. The Morgan fingerprint density at radius 3 is 2.80 bits per heavy atom. The van der Waals surface area contributed by atoms with Gasteiger partial charge in [-0.2, -0.15) is 5.10 Å². The molecule has 1 aliphatic rings. The molecular formula is C21H23FN6OS. The molecule has 5 rings (SSSR count). The predicted octanol–water partition coefficient (Wildman–Crippen LogP) is 3.37. The Balaban J connectivity index is 1.47. The Morgan fingerprint density at radius 2 is 2.13 bits per heavy atom. The molecule has 0 spiro atoms. The van der Waals surface area contributed by atoms with Crippen LogP contribution < -0.4 is 5.73 Å². The third kappa shape index (κ3) is 3.00. The number of carbonyl (C=O) groups is 1. The number of rotatable bonds is 4. The number of imidazole rings is 1. The first-order chi connectivity index (χ1) is 14.4. The van der Waals surface area contributed by atoms with Gasteiger partial charge in [0.15, 0.2) is 0 Å². The van der Waals surface area contributed by atoms with E-state index in [-0.39, 0.29) is 11.0 Å². The molecule has 156 valence electrons. The predicted molar refractivity (Wildman–Crippen MR) is 114 cm³/mol. The first-order valence-corrected chi connectivity index (χ1v) is 10.8. The minimum Gasteiger partial charge on any atom is -0.366 e. The number of piperidine rings is 1. The van der Waals surface area contributed by atoms with Crippen molar-refractivity contribution in [3.8, 4) is 0 Å². The number of aromatic nitrogens is 4. The van der Waals surface area contributed by atoms with E-state index in [4.69, 9.17) is 5.73 Å². The first-order valence-electron chi connectivity index (χ1n) is 9.96. The molecule has 1 saturated heterocycles. The fourth-order valence-corrected chi connectivity index (χ4v) is 5.29. The molecule has 0 unspecified atom stereocenters. The summed E-state index contributed by atoms with van der Waals surface area (Å²) in [5.41, 5.74) is 11.5. The highest BCUT2D eigenvalue weighted by Gasteiger charge is 2.35. The summed E-state index contributed by atoms with van der Waals surface area (Å²) in [6.07, 6.45) is 3.83. The normalized spacial score (nSPS) is 17.2. The number of nitrogens with two attached hydrogens (primary N) is 1. The summed E-state index contributed by atoms with van der Waals surface area (Å²) in [7, 11) is 0. The molecule has 4 aromatic rings. The lowest BCUT2D eigenvalue weighted by molar-refractivity contribution is 0.100. The minimum atomic E-state index is -0.671. The number of halogens is 1. The van der Waals surface area contributed by atoms with Gasteiger partial charge < -0.3 is 10.7 Å². The Bertz CT molecular complexity index is 1260. The van der Waals surface area contributed by atoms with Crippen LogP contribution in [0.5, 0.6) is 0 Å². The van der Waals surface area contributed by atoms with Crippen LogP contribution in [-0.4, -0.2) is 43.5 Å². The molecular weight excluding hydrogens is 403 g/mol. The number of amides is 1. The summed E-state index contributed by atoms with van der Waals surface area (Å²) < 4.78 is 15.7. The Hall–Kier alpha value is -2.78. The number of aromatic amines is 1. The van der Waals surface area contributed by atoms with E-state index in [0.717, 1.165) is 49.4 Å². The van der Waals surface area contributed by atoms with Crippen molar-refractivity contribution >= 4 is 33.9 Å². The summed E-state index contributed by atoms with van der Waals surface area (Å²) in [5, 5.41) is 4.53. The van der Waals surface area contributed by atoms with Gasteiger partial charge in [0, 0.05) is 22.4 Å². The van der Waals surface area contributed by atoms with Gasteiger partial charge in [-0.25, -0.2) is 13.9 Å². The van der Waals surface area contributed by atoms with Gasteiger partial charge in [0.2, 0.25) is 0 Å². The summed E-state index contributed by atoms with van der Waals surface area (Å²) in [4.78, 5) is 23.3. The minimum absolute atomic E-state index is 0.0622. The van der Waals surface area contributed by atoms with Crippen molar-refractivity contribution in [3.63, 3.8) is 0 Å². The van der Waals surface area contributed by atoms with Crippen LogP contribution in [0.2, 0.25) is 0 Å². The number of benzene rings is 1. The van der Waals surface area contributed by atoms with E-state index in [1.54, 1.807) is 15.9 Å². The molecule has 3 N–H and O–H groups in total. The maximum Gasteiger partial charge on any atom is 0.251 e. The zero-order chi connectivity index (χ0) is 21.0. The Kier molecular flexibility index (Phi) is 4.41. The fraction of sp³-hybridized carbons (Fsp3) is 0.381. The number of aryl methyl sites for hydroxylation is 1. The van der Waals surface area contributed by atoms with E-state index in [1.165, 1.54) is 17.0 Å². The third-order valence-electron chi connectivity index (χ3n) is 6.40. The van der Waals surface area contributed by atoms with Crippen LogP contribution in [0.4, 0.5) is 4.39 Å². The van der Waals surface area contributed by atoms with Gasteiger partial charge in [-0.05, 0) is 45.0 Å². The second-order valence-electron chi connectivity index (χ2n) is 8.36. The third-order valence-corrected chi connectivity index (χ3v) is 7.32. The molecule has 1 amide bonds. The number of nitrogens with one attached hydrogen (secondary N) is 1. The molecule has 1 fully saturated rings. The van der Waals surface area contributed by atoms with Gasteiger partial charge in [-0.3, -0.25) is 9.69 Å². The largest absolute Gasteiger partial charge is 0.366 e. The number of hydrogen-bond donors (Lipinski definition) is 2. The van der Waals surface area contributed by atoms with Crippen molar-refractivity contribution in [2.24, 2.45) is 5.73 Å². The summed E-state index contributed by atoms with van der Waals surface area (Å²) in [5.74, 6) is -1.17. The van der Waals surface area contributed by atoms with Gasteiger partial charge in [-0.15, -0.1) is 11.3 Å². The number of nitrogens with zero attached hydrogens (tertiary/aromatic N) is 4. The van der Waals surface area contributed by atoms with E-state index >= 15 is 0 Å². The molecule has 0 saturated carbocycles. The van der Waals surface area contributed by atoms with Crippen molar-refractivity contribution in [1.29, 1.82) is 0 Å². The van der Waals surface area contributed by atoms with Crippen LogP contribution in [0.1, 0.15) is 46.3 Å². The topological polar surface area (TPSA) is 92.3 Å². The van der Waals surface area contributed by atoms with Crippen molar-refractivity contribution < 1.29 is 9.18 Å². The fourth-order valence-electron chi connectivity index (χ4n) is 4.47. The van der Waals surface area contributed by atoms with Crippen LogP contribution >= 0.6 is 11.3 Å². The van der Waals surface area contributed by atoms with Crippen molar-refractivity contribution in [2.75, 3.05) is 13.1 Å². The lowest BCUT2D eigenvalue weighted by Gasteiger charge is -2.39. The molecule has 30 heavy (non-hydrogen) atoms. The Labute approximate surface area is 176 Å². The maximum absolute atomic E-state index is 14.0. The van der Waals surface area contributed by atoms with Crippen LogP contribution in [0.25, 0.3) is 16.7 Å². The highest BCUT2D eigenvalue weighted by atomic mass is 32.1. The second kappa shape index (κ2) is 6.88. The van der Waals surface area contributed by atoms with E-state index in [0.29, 0.717) is 11.0 Å². The number of thiazole rings is 1. The molecule has 1 aliphatic heterocycles. The molecule has 9 heteroatoms. The van der Waals surface area contributed by atoms with Crippen molar-refractivity contribution in [3.05, 3.63) is 51.4 Å². The highest BCUT2D eigenvalue weighted by Crippen LogP contribution is 2.38. The van der Waals surface area contributed by atoms with E-state index < -0.39 is 11.7 Å². The lowest BCUT2D eigenvalue weighted by atomic mass is 9.75. The number of likely N-dealkylation sites (tertiary alicyclic amines) is 1. The number of fused-ring (bicyclic) bond motifs is 3. The smallest absolute Gasteiger partial charge is 0.251 e. The van der Waals surface area contributed by atoms with E-state index in [9.17, 15) is 9.18 Å². The number of carbonyl (C=O) groups excluding carboxylic acids is 1. The number of primary amides is 1. The van der Waals surface area contributed by atoms with E-state index in [2.05, 4.69) is 33.8 Å². The molecule has 0 bridgehead atoms. The summed E-state index contributed by atoms with van der Waals surface area (Å²) in [6, 6.07) is 2.55. The van der Waals surface area contributed by atoms with Crippen LogP contribution in [-0.2, 0) is 12.0 Å². The van der Waals surface area contributed by atoms with Crippen LogP contribution in [0.3, 0.4) is 0 Å². The zero-order valence-electron chi connectivity index (χ0n) is 16.9. The van der Waals surface area contributed by atoms with E-state index in [1.807, 2.05) is 11.7 Å². The average molecular weight is 427 g/mol. The molecule has 0 radical (unpaired) electrons. The van der Waals surface area contributed by atoms with Crippen molar-refractivity contribution in [2.45, 2.75) is 38.6 Å². The quantitative estimate of drug-likeness (QED) is 0.523. The zero-order valence-corrected chi connectivity index (χ0v) is 17.7. The van der Waals surface area contributed by atoms with Gasteiger partial charge in [0.05, 0.1) is 28.5 Å². The summed E-state index contributed by atoms with van der Waals surface area (Å²) in [6.45, 7) is 7.20. The van der Waals surface area contributed by atoms with Gasteiger partial charge in [-0.1, -0.05) is 6.92 Å². The molecule has 0 aliphatic carbocycles. The molecule has 7 nitrogen and oxygen atoms in total.